The normalized spacial score (nSPS) is 14.4. The number of hydrogen-bond acceptors (Lipinski definition) is 9. The molecule has 0 unspecified atom stereocenters. The third-order valence-electron chi connectivity index (χ3n) is 4.96. The lowest BCUT2D eigenvalue weighted by molar-refractivity contribution is -0.173. The van der Waals surface area contributed by atoms with Crippen molar-refractivity contribution in [1.29, 1.82) is 0 Å². The van der Waals surface area contributed by atoms with Gasteiger partial charge in [0.05, 0.1) is 38.6 Å². The predicted molar refractivity (Wildman–Crippen MR) is 107 cm³/mol. The summed E-state index contributed by atoms with van der Waals surface area (Å²) < 4.78 is 76.4. The summed E-state index contributed by atoms with van der Waals surface area (Å²) in [5.41, 5.74) is -5.47. The van der Waals surface area contributed by atoms with Gasteiger partial charge in [-0.2, -0.15) is 0 Å². The molecule has 34 heavy (non-hydrogen) atoms. The van der Waals surface area contributed by atoms with E-state index in [0.717, 1.165) is 20.3 Å². The van der Waals surface area contributed by atoms with E-state index in [2.05, 4.69) is 24.8 Å². The quantitative estimate of drug-likeness (QED) is 0.341. The predicted octanol–water partition coefficient (Wildman–Crippen LogP) is 3.03. The Bertz CT molecular complexity index is 1060. The van der Waals surface area contributed by atoms with Gasteiger partial charge in [-0.25, -0.2) is 37.1 Å². The lowest BCUT2D eigenvalue weighted by Gasteiger charge is -2.25. The molecule has 0 bridgehead atoms. The number of rotatable bonds is 8. The second-order valence-electron chi connectivity index (χ2n) is 7.07. The Labute approximate surface area is 191 Å². The summed E-state index contributed by atoms with van der Waals surface area (Å²) in [6, 6.07) is 3.48. The zero-order valence-corrected chi connectivity index (χ0v) is 18.4. The van der Waals surface area contributed by atoms with Gasteiger partial charge < -0.3 is 24.3 Å². The number of aryl methyl sites for hydroxylation is 1. The van der Waals surface area contributed by atoms with E-state index in [9.17, 15) is 22.8 Å². The fourth-order valence-electron chi connectivity index (χ4n) is 3.37. The molecule has 3 rings (SSSR count). The number of nitrogens with one attached hydrogen (secondary N) is 1. The van der Waals surface area contributed by atoms with Crippen LogP contribution in [0.25, 0.3) is 0 Å². The molecule has 0 atom stereocenters. The van der Waals surface area contributed by atoms with Crippen molar-refractivity contribution >= 4 is 17.8 Å². The van der Waals surface area contributed by atoms with Crippen LogP contribution in [0.3, 0.4) is 0 Å². The van der Waals surface area contributed by atoms with Crippen LogP contribution in [0, 0.1) is 12.7 Å². The van der Waals surface area contributed by atoms with Gasteiger partial charge in [0.15, 0.2) is 6.29 Å². The second kappa shape index (κ2) is 10.3. The highest BCUT2D eigenvalue weighted by molar-refractivity contribution is 6.04. The minimum Gasteiger partial charge on any atom is -0.466 e. The van der Waals surface area contributed by atoms with Gasteiger partial charge in [0, 0.05) is 12.1 Å². The van der Waals surface area contributed by atoms with Gasteiger partial charge in [-0.15, -0.1) is 0 Å². The number of aromatic nitrogens is 2. The maximum absolute atomic E-state index is 16.0. The van der Waals surface area contributed by atoms with Gasteiger partial charge >= 0.3 is 17.6 Å². The molecule has 184 valence electrons. The molecule has 1 N–H and O–H groups in total. The number of carbonyl (C=O) groups is 2. The SMILES string of the molecule is COC(=O)C(F)(C(=O)OC)c1nc(C)nc(NCc2cccc(C(F)F)c2F)c1C1OCCO1. The number of nitrogens with zero attached hydrogens (tertiary/aromatic N) is 2. The summed E-state index contributed by atoms with van der Waals surface area (Å²) >= 11 is 0. The molecular formula is C21H21F4N3O6. The number of halogens is 4. The fraction of sp³-hybridized carbons (Fsp3) is 0.429. The highest BCUT2D eigenvalue weighted by Crippen LogP contribution is 2.39. The molecule has 0 saturated carbocycles. The summed E-state index contributed by atoms with van der Waals surface area (Å²) in [7, 11) is 1.74. The number of ether oxygens (including phenoxy) is 4. The third kappa shape index (κ3) is 4.66. The minimum atomic E-state index is -3.51. The van der Waals surface area contributed by atoms with Crippen molar-refractivity contribution in [3.8, 4) is 0 Å². The molecular weight excluding hydrogens is 466 g/mol. The fourth-order valence-corrected chi connectivity index (χ4v) is 3.37. The molecule has 1 aromatic carbocycles. The Hall–Kier alpha value is -3.32. The first-order valence-corrected chi connectivity index (χ1v) is 9.92. The molecule has 1 aromatic heterocycles. The van der Waals surface area contributed by atoms with E-state index in [1.165, 1.54) is 19.1 Å². The number of alkyl halides is 3. The Morgan fingerprint density at radius 1 is 1.18 bits per heavy atom. The molecule has 0 amide bonds. The van der Waals surface area contributed by atoms with Crippen LogP contribution in [-0.2, 0) is 40.8 Å². The van der Waals surface area contributed by atoms with Crippen LogP contribution in [-0.4, -0.2) is 49.3 Å². The van der Waals surface area contributed by atoms with Crippen LogP contribution in [0.5, 0.6) is 0 Å². The van der Waals surface area contributed by atoms with E-state index in [4.69, 9.17) is 9.47 Å². The van der Waals surface area contributed by atoms with Gasteiger partial charge in [0.2, 0.25) is 0 Å². The first-order chi connectivity index (χ1) is 16.1. The van der Waals surface area contributed by atoms with E-state index < -0.39 is 47.4 Å². The van der Waals surface area contributed by atoms with E-state index in [0.29, 0.717) is 0 Å². The molecule has 1 aliphatic heterocycles. The number of anilines is 1. The van der Waals surface area contributed by atoms with Crippen LogP contribution >= 0.6 is 0 Å². The Kier molecular flexibility index (Phi) is 7.67. The number of carbonyl (C=O) groups excluding carboxylic acids is 2. The number of benzene rings is 1. The average molecular weight is 487 g/mol. The van der Waals surface area contributed by atoms with Crippen LogP contribution in [0.4, 0.5) is 23.4 Å². The zero-order chi connectivity index (χ0) is 25.0. The largest absolute Gasteiger partial charge is 0.466 e. The van der Waals surface area contributed by atoms with Crippen LogP contribution in [0.2, 0.25) is 0 Å². The molecule has 13 heteroatoms. The maximum atomic E-state index is 16.0. The van der Waals surface area contributed by atoms with Gasteiger partial charge in [-0.1, -0.05) is 18.2 Å². The van der Waals surface area contributed by atoms with Crippen molar-refractivity contribution in [2.75, 3.05) is 32.8 Å². The topological polar surface area (TPSA) is 109 Å². The Morgan fingerprint density at radius 3 is 2.35 bits per heavy atom. The molecule has 0 radical (unpaired) electrons. The van der Waals surface area contributed by atoms with Crippen LogP contribution in [0.15, 0.2) is 18.2 Å². The molecule has 2 aromatic rings. The van der Waals surface area contributed by atoms with Crippen molar-refractivity contribution in [2.45, 2.75) is 31.9 Å². The van der Waals surface area contributed by atoms with Crippen LogP contribution in [0.1, 0.15) is 40.9 Å². The van der Waals surface area contributed by atoms with Crippen molar-refractivity contribution in [3.05, 3.63) is 52.2 Å². The summed E-state index contributed by atoms with van der Waals surface area (Å²) in [5, 5.41) is 2.71. The number of hydrogen-bond donors (Lipinski definition) is 1. The van der Waals surface area contributed by atoms with Gasteiger partial charge in [-0.05, 0) is 6.92 Å². The smallest absolute Gasteiger partial charge is 0.362 e. The first kappa shape index (κ1) is 25.3. The van der Waals surface area contributed by atoms with Crippen molar-refractivity contribution in [3.63, 3.8) is 0 Å². The summed E-state index contributed by atoms with van der Waals surface area (Å²) in [4.78, 5) is 32.8. The summed E-state index contributed by atoms with van der Waals surface area (Å²) in [6.45, 7) is 1.18. The van der Waals surface area contributed by atoms with Gasteiger partial charge in [-0.3, -0.25) is 0 Å². The van der Waals surface area contributed by atoms with E-state index in [1.54, 1.807) is 0 Å². The van der Waals surface area contributed by atoms with E-state index in [1.807, 2.05) is 0 Å². The van der Waals surface area contributed by atoms with Gasteiger partial charge in [0.25, 0.3) is 6.43 Å². The van der Waals surface area contributed by atoms with Gasteiger partial charge in [0.1, 0.15) is 23.2 Å². The number of methoxy groups -OCH3 is 2. The third-order valence-corrected chi connectivity index (χ3v) is 4.96. The zero-order valence-electron chi connectivity index (χ0n) is 18.4. The lowest BCUT2D eigenvalue weighted by Crippen LogP contribution is -2.43. The highest BCUT2D eigenvalue weighted by Gasteiger charge is 2.56. The summed E-state index contributed by atoms with van der Waals surface area (Å²) in [5.74, 6) is -4.62. The van der Waals surface area contributed by atoms with Crippen molar-refractivity contribution in [1.82, 2.24) is 9.97 Å². The van der Waals surface area contributed by atoms with Crippen LogP contribution < -0.4 is 5.32 Å². The summed E-state index contributed by atoms with van der Waals surface area (Å²) in [6.07, 6.45) is -4.34. The Morgan fingerprint density at radius 2 is 1.79 bits per heavy atom. The monoisotopic (exact) mass is 487 g/mol. The van der Waals surface area contributed by atoms with Crippen molar-refractivity contribution in [2.24, 2.45) is 0 Å². The molecule has 9 nitrogen and oxygen atoms in total. The lowest BCUT2D eigenvalue weighted by atomic mass is 9.96. The van der Waals surface area contributed by atoms with E-state index >= 15 is 4.39 Å². The first-order valence-electron chi connectivity index (χ1n) is 9.92. The van der Waals surface area contributed by atoms with Crippen molar-refractivity contribution < 1.29 is 46.1 Å². The second-order valence-corrected chi connectivity index (χ2v) is 7.07. The highest BCUT2D eigenvalue weighted by atomic mass is 19.3. The average Bonchev–Trinajstić information content (AvgIpc) is 3.35. The van der Waals surface area contributed by atoms with E-state index in [-0.39, 0.29) is 42.5 Å². The molecule has 0 aliphatic carbocycles. The molecule has 1 fully saturated rings. The molecule has 1 aliphatic rings. The molecule has 1 saturated heterocycles. The molecule has 2 heterocycles. The minimum absolute atomic E-state index is 0.0871. The molecule has 0 spiro atoms. The number of esters is 2. The maximum Gasteiger partial charge on any atom is 0.362 e. The Balaban J connectivity index is 2.13. The standard InChI is InChI=1S/C21H21F4N3O6/c1-10-27-15(21(25,19(29)31-2)20(30)32-3)13(18-33-7-8-34-18)17(28-10)26-9-11-5-4-6-12(14(11)22)16(23)24/h4-6,16,18H,7-9H2,1-3H3,(H,26,27,28).